The van der Waals surface area contributed by atoms with Crippen LogP contribution in [0.3, 0.4) is 0 Å². The number of thioether (sulfide) groups is 1. The van der Waals surface area contributed by atoms with Crippen molar-refractivity contribution in [1.29, 1.82) is 0 Å². The molecule has 0 aliphatic heterocycles. The van der Waals surface area contributed by atoms with Crippen LogP contribution >= 0.6 is 11.8 Å². The van der Waals surface area contributed by atoms with Crippen molar-refractivity contribution in [2.24, 2.45) is 0 Å². The SMILES string of the molecule is COCCCOCCSc1ccc(N)cc1F. The molecule has 1 aromatic rings. The second kappa shape index (κ2) is 8.33. The van der Waals surface area contributed by atoms with Crippen LogP contribution in [0.4, 0.5) is 10.1 Å². The molecule has 2 N–H and O–H groups in total. The molecule has 0 atom stereocenters. The molecule has 3 nitrogen and oxygen atoms in total. The minimum atomic E-state index is -0.269. The summed E-state index contributed by atoms with van der Waals surface area (Å²) in [6.07, 6.45) is 0.886. The Balaban J connectivity index is 2.14. The van der Waals surface area contributed by atoms with Crippen LogP contribution in [0.15, 0.2) is 23.1 Å². The Morgan fingerprint density at radius 3 is 2.82 bits per heavy atom. The van der Waals surface area contributed by atoms with Crippen molar-refractivity contribution in [3.8, 4) is 0 Å². The lowest BCUT2D eigenvalue weighted by Gasteiger charge is -2.05. The summed E-state index contributed by atoms with van der Waals surface area (Å²) >= 11 is 1.43. The molecule has 5 heteroatoms. The highest BCUT2D eigenvalue weighted by atomic mass is 32.2. The van der Waals surface area contributed by atoms with Crippen molar-refractivity contribution >= 4 is 17.4 Å². The first-order valence-electron chi connectivity index (χ1n) is 5.48. The Kier molecular flexibility index (Phi) is 7.00. The Bertz CT molecular complexity index is 336. The quantitative estimate of drug-likeness (QED) is 0.443. The number of halogens is 1. The van der Waals surface area contributed by atoms with Crippen LogP contribution in [0.5, 0.6) is 0 Å². The highest BCUT2D eigenvalue weighted by Crippen LogP contribution is 2.23. The van der Waals surface area contributed by atoms with Crippen LogP contribution in [-0.2, 0) is 9.47 Å². The lowest BCUT2D eigenvalue weighted by molar-refractivity contribution is 0.113. The Morgan fingerprint density at radius 1 is 1.29 bits per heavy atom. The molecule has 0 fully saturated rings. The number of rotatable bonds is 8. The molecule has 1 aromatic carbocycles. The van der Waals surface area contributed by atoms with E-state index in [0.717, 1.165) is 12.2 Å². The van der Waals surface area contributed by atoms with E-state index in [-0.39, 0.29) is 5.82 Å². The van der Waals surface area contributed by atoms with E-state index in [9.17, 15) is 4.39 Å². The first-order chi connectivity index (χ1) is 8.24. The molecule has 0 radical (unpaired) electrons. The molecule has 0 aliphatic carbocycles. The Morgan fingerprint density at radius 2 is 2.12 bits per heavy atom. The van der Waals surface area contributed by atoms with Gasteiger partial charge in [-0.15, -0.1) is 11.8 Å². The van der Waals surface area contributed by atoms with Crippen LogP contribution in [0.1, 0.15) is 6.42 Å². The monoisotopic (exact) mass is 259 g/mol. The number of benzene rings is 1. The zero-order valence-electron chi connectivity index (χ0n) is 9.95. The first kappa shape index (κ1) is 14.3. The third-order valence-corrected chi connectivity index (χ3v) is 3.09. The fourth-order valence-electron chi connectivity index (χ4n) is 1.25. The fourth-order valence-corrected chi connectivity index (χ4v) is 2.03. The molecule has 17 heavy (non-hydrogen) atoms. The Labute approximate surface area is 105 Å². The maximum Gasteiger partial charge on any atom is 0.138 e. The molecule has 0 unspecified atom stereocenters. The van der Waals surface area contributed by atoms with Crippen molar-refractivity contribution < 1.29 is 13.9 Å². The van der Waals surface area contributed by atoms with Gasteiger partial charge in [0.2, 0.25) is 0 Å². The molecule has 0 saturated heterocycles. The van der Waals surface area contributed by atoms with Crippen LogP contribution < -0.4 is 5.73 Å². The van der Waals surface area contributed by atoms with Gasteiger partial charge in [-0.1, -0.05) is 0 Å². The van der Waals surface area contributed by atoms with E-state index in [1.807, 2.05) is 0 Å². The molecule has 96 valence electrons. The van der Waals surface area contributed by atoms with Crippen molar-refractivity contribution in [1.82, 2.24) is 0 Å². The van der Waals surface area contributed by atoms with Crippen LogP contribution in [-0.4, -0.2) is 32.7 Å². The van der Waals surface area contributed by atoms with E-state index in [1.54, 1.807) is 19.2 Å². The van der Waals surface area contributed by atoms with E-state index in [0.29, 0.717) is 30.4 Å². The smallest absolute Gasteiger partial charge is 0.138 e. The maximum atomic E-state index is 13.4. The summed E-state index contributed by atoms with van der Waals surface area (Å²) in [7, 11) is 1.67. The van der Waals surface area contributed by atoms with Gasteiger partial charge in [-0.05, 0) is 24.6 Å². The number of nitrogens with two attached hydrogens (primary N) is 1. The predicted octanol–water partition coefficient (Wildman–Crippen LogP) is 2.55. The minimum Gasteiger partial charge on any atom is -0.399 e. The Hall–Kier alpha value is -0.780. The molecule has 0 heterocycles. The maximum absolute atomic E-state index is 13.4. The molecule has 0 amide bonds. The van der Waals surface area contributed by atoms with Gasteiger partial charge >= 0.3 is 0 Å². The summed E-state index contributed by atoms with van der Waals surface area (Å²) < 4.78 is 23.6. The molecule has 0 aromatic heterocycles. The largest absolute Gasteiger partial charge is 0.399 e. The molecular formula is C12H18FNO2S. The fraction of sp³-hybridized carbons (Fsp3) is 0.500. The molecule has 0 spiro atoms. The number of hydrogen-bond donors (Lipinski definition) is 1. The summed E-state index contributed by atoms with van der Waals surface area (Å²) in [4.78, 5) is 0.611. The van der Waals surface area contributed by atoms with Crippen LogP contribution in [0.2, 0.25) is 0 Å². The average Bonchev–Trinajstić information content (AvgIpc) is 2.30. The first-order valence-corrected chi connectivity index (χ1v) is 6.47. The molecule has 0 saturated carbocycles. The normalized spacial score (nSPS) is 10.7. The van der Waals surface area contributed by atoms with E-state index in [4.69, 9.17) is 15.2 Å². The summed E-state index contributed by atoms with van der Waals surface area (Å²) in [6.45, 7) is 2.00. The molecule has 1 rings (SSSR count). The van der Waals surface area contributed by atoms with Crippen molar-refractivity contribution in [2.75, 3.05) is 38.4 Å². The van der Waals surface area contributed by atoms with Gasteiger partial charge in [0.15, 0.2) is 0 Å². The van der Waals surface area contributed by atoms with Gasteiger partial charge in [0, 0.05) is 36.7 Å². The van der Waals surface area contributed by atoms with Crippen molar-refractivity contribution in [2.45, 2.75) is 11.3 Å². The molecule has 0 aliphatic rings. The van der Waals surface area contributed by atoms with E-state index < -0.39 is 0 Å². The van der Waals surface area contributed by atoms with Crippen LogP contribution in [0.25, 0.3) is 0 Å². The highest BCUT2D eigenvalue weighted by molar-refractivity contribution is 7.99. The van der Waals surface area contributed by atoms with Gasteiger partial charge in [-0.2, -0.15) is 0 Å². The predicted molar refractivity (Wildman–Crippen MR) is 68.8 cm³/mol. The topological polar surface area (TPSA) is 44.5 Å². The standard InChI is InChI=1S/C12H18FNO2S/c1-15-5-2-6-16-7-8-17-12-4-3-10(14)9-11(12)13/h3-4,9H,2,5-8,14H2,1H3. The third-order valence-electron chi connectivity index (χ3n) is 2.08. The van der Waals surface area contributed by atoms with E-state index in [1.165, 1.54) is 17.8 Å². The van der Waals surface area contributed by atoms with Crippen molar-refractivity contribution in [3.05, 3.63) is 24.0 Å². The van der Waals surface area contributed by atoms with Gasteiger partial charge in [0.05, 0.1) is 6.61 Å². The second-order valence-corrected chi connectivity index (χ2v) is 4.63. The van der Waals surface area contributed by atoms with Crippen LogP contribution in [0, 0.1) is 5.82 Å². The summed E-state index contributed by atoms with van der Waals surface area (Å²) in [5.74, 6) is 0.461. The van der Waals surface area contributed by atoms with E-state index in [2.05, 4.69) is 0 Å². The van der Waals surface area contributed by atoms with Gasteiger partial charge in [0.25, 0.3) is 0 Å². The number of methoxy groups -OCH3 is 1. The summed E-state index contributed by atoms with van der Waals surface area (Å²) in [5.41, 5.74) is 5.91. The summed E-state index contributed by atoms with van der Waals surface area (Å²) in [5, 5.41) is 0. The van der Waals surface area contributed by atoms with E-state index >= 15 is 0 Å². The molecular weight excluding hydrogens is 241 g/mol. The highest BCUT2D eigenvalue weighted by Gasteiger charge is 2.02. The third kappa shape index (κ3) is 5.91. The second-order valence-electron chi connectivity index (χ2n) is 3.50. The lowest BCUT2D eigenvalue weighted by Crippen LogP contribution is -2.02. The summed E-state index contributed by atoms with van der Waals surface area (Å²) in [6, 6.07) is 4.73. The zero-order chi connectivity index (χ0) is 12.5. The average molecular weight is 259 g/mol. The van der Waals surface area contributed by atoms with Gasteiger partial charge in [-0.3, -0.25) is 0 Å². The number of anilines is 1. The lowest BCUT2D eigenvalue weighted by atomic mass is 10.3. The van der Waals surface area contributed by atoms with Crippen molar-refractivity contribution in [3.63, 3.8) is 0 Å². The number of nitrogen functional groups attached to an aromatic ring is 1. The zero-order valence-corrected chi connectivity index (χ0v) is 10.8. The van der Waals surface area contributed by atoms with Gasteiger partial charge in [-0.25, -0.2) is 4.39 Å². The minimum absolute atomic E-state index is 0.269. The van der Waals surface area contributed by atoms with Gasteiger partial charge in [0.1, 0.15) is 5.82 Å². The van der Waals surface area contributed by atoms with Gasteiger partial charge < -0.3 is 15.2 Å². The molecule has 0 bridgehead atoms. The number of hydrogen-bond acceptors (Lipinski definition) is 4. The number of ether oxygens (including phenoxy) is 2.